The van der Waals surface area contributed by atoms with Gasteiger partial charge in [0.2, 0.25) is 0 Å². The zero-order valence-corrected chi connectivity index (χ0v) is 11.0. The molecule has 1 heterocycles. The fourth-order valence-corrected chi connectivity index (χ4v) is 1.56. The van der Waals surface area contributed by atoms with Crippen LogP contribution in [0.2, 0.25) is 0 Å². The average molecular weight is 328 g/mol. The highest BCUT2D eigenvalue weighted by molar-refractivity contribution is 14.1. The molecule has 0 saturated carbocycles. The number of hydrogen-bond acceptors (Lipinski definition) is 4. The van der Waals surface area contributed by atoms with Gasteiger partial charge in [-0.3, -0.25) is 4.90 Å². The number of nitrogens with one attached hydrogen (secondary N) is 1. The van der Waals surface area contributed by atoms with E-state index in [1.54, 1.807) is 0 Å². The third kappa shape index (κ3) is 6.16. The van der Waals surface area contributed by atoms with E-state index in [0.717, 1.165) is 32.8 Å². The van der Waals surface area contributed by atoms with Gasteiger partial charge in [0.25, 0.3) is 0 Å². The van der Waals surface area contributed by atoms with Gasteiger partial charge in [0.15, 0.2) is 4.11 Å². The maximum Gasteiger partial charge on any atom is 0.408 e. The van der Waals surface area contributed by atoms with Crippen molar-refractivity contribution in [1.82, 2.24) is 10.2 Å². The number of amides is 1. The molecule has 0 spiro atoms. The lowest BCUT2D eigenvalue weighted by atomic mass is 10.4. The molecule has 0 aromatic carbocycles. The van der Waals surface area contributed by atoms with E-state index in [2.05, 4.69) is 10.2 Å². The summed E-state index contributed by atoms with van der Waals surface area (Å²) in [4.78, 5) is 13.4. The minimum atomic E-state index is -0.342. The second kappa shape index (κ2) is 7.24. The van der Waals surface area contributed by atoms with E-state index < -0.39 is 0 Å². The highest BCUT2D eigenvalue weighted by Gasteiger charge is 2.10. The lowest BCUT2D eigenvalue weighted by Crippen LogP contribution is -2.41. The number of rotatable bonds is 4. The number of carbonyl (C=O) groups excluding carboxylic acids is 1. The summed E-state index contributed by atoms with van der Waals surface area (Å²) in [6.45, 7) is 6.77. The largest absolute Gasteiger partial charge is 0.436 e. The van der Waals surface area contributed by atoms with Crippen molar-refractivity contribution in [1.29, 1.82) is 0 Å². The summed E-state index contributed by atoms with van der Waals surface area (Å²) in [6.07, 6.45) is -0.342. The molecule has 0 aromatic heterocycles. The van der Waals surface area contributed by atoms with Crippen LogP contribution in [0.5, 0.6) is 0 Å². The monoisotopic (exact) mass is 328 g/mol. The maximum atomic E-state index is 11.1. The molecule has 1 unspecified atom stereocenters. The molecule has 1 saturated heterocycles. The SMILES string of the molecule is CC(I)OC(=O)NCCN1CCOCC1. The molecule has 1 aliphatic heterocycles. The van der Waals surface area contributed by atoms with E-state index in [9.17, 15) is 4.79 Å². The van der Waals surface area contributed by atoms with Gasteiger partial charge in [-0.1, -0.05) is 0 Å². The van der Waals surface area contributed by atoms with Gasteiger partial charge < -0.3 is 14.8 Å². The molecule has 1 rings (SSSR count). The van der Waals surface area contributed by atoms with E-state index in [1.165, 1.54) is 0 Å². The molecule has 0 aliphatic carbocycles. The van der Waals surface area contributed by atoms with E-state index in [-0.39, 0.29) is 10.2 Å². The predicted molar refractivity (Wildman–Crippen MR) is 65.2 cm³/mol. The summed E-state index contributed by atoms with van der Waals surface area (Å²) >= 11 is 2.04. The topological polar surface area (TPSA) is 50.8 Å². The first-order valence-corrected chi connectivity index (χ1v) is 6.31. The molecule has 1 amide bonds. The number of alkyl halides is 1. The van der Waals surface area contributed by atoms with Crippen molar-refractivity contribution in [2.45, 2.75) is 11.0 Å². The second-order valence-electron chi connectivity index (χ2n) is 3.33. The number of ether oxygens (including phenoxy) is 2. The van der Waals surface area contributed by atoms with Crippen LogP contribution in [0.15, 0.2) is 0 Å². The second-order valence-corrected chi connectivity index (χ2v) is 5.08. The maximum absolute atomic E-state index is 11.1. The lowest BCUT2D eigenvalue weighted by molar-refractivity contribution is 0.0383. The van der Waals surface area contributed by atoms with Gasteiger partial charge in [-0.15, -0.1) is 0 Å². The first-order valence-electron chi connectivity index (χ1n) is 5.07. The minimum absolute atomic E-state index is 0.0917. The summed E-state index contributed by atoms with van der Waals surface area (Å²) in [6, 6.07) is 0. The first kappa shape index (κ1) is 13.0. The highest BCUT2D eigenvalue weighted by Crippen LogP contribution is 2.00. The Hall–Kier alpha value is -0.0800. The third-order valence-electron chi connectivity index (χ3n) is 2.07. The van der Waals surface area contributed by atoms with Crippen LogP contribution in [0.4, 0.5) is 4.79 Å². The Balaban J connectivity index is 2.02. The van der Waals surface area contributed by atoms with Gasteiger partial charge in [-0.25, -0.2) is 4.79 Å². The van der Waals surface area contributed by atoms with Crippen molar-refractivity contribution < 1.29 is 14.3 Å². The van der Waals surface area contributed by atoms with Crippen LogP contribution in [0.3, 0.4) is 0 Å². The number of morpholine rings is 1. The molecule has 1 aliphatic rings. The standard InChI is InChI=1S/C9H17IN2O3/c1-8(10)15-9(13)11-2-3-12-4-6-14-7-5-12/h8H,2-7H2,1H3,(H,11,13). The van der Waals surface area contributed by atoms with Gasteiger partial charge in [0, 0.05) is 26.2 Å². The molecule has 0 radical (unpaired) electrons. The molecule has 15 heavy (non-hydrogen) atoms. The minimum Gasteiger partial charge on any atom is -0.436 e. The number of alkyl carbamates (subject to hydrolysis) is 1. The van der Waals surface area contributed by atoms with E-state index in [1.807, 2.05) is 29.5 Å². The van der Waals surface area contributed by atoms with Crippen LogP contribution in [0, 0.1) is 0 Å². The normalized spacial score (nSPS) is 19.6. The fourth-order valence-electron chi connectivity index (χ4n) is 1.33. The Morgan fingerprint density at radius 3 is 2.87 bits per heavy atom. The van der Waals surface area contributed by atoms with Crippen LogP contribution >= 0.6 is 22.6 Å². The van der Waals surface area contributed by atoms with E-state index in [0.29, 0.717) is 6.54 Å². The fraction of sp³-hybridized carbons (Fsp3) is 0.889. The van der Waals surface area contributed by atoms with Crippen LogP contribution < -0.4 is 5.32 Å². The highest BCUT2D eigenvalue weighted by atomic mass is 127. The molecule has 0 bridgehead atoms. The lowest BCUT2D eigenvalue weighted by Gasteiger charge is -2.26. The number of nitrogens with zero attached hydrogens (tertiary/aromatic N) is 1. The molecular weight excluding hydrogens is 311 g/mol. The molecule has 1 atom stereocenters. The van der Waals surface area contributed by atoms with Crippen molar-refractivity contribution >= 4 is 28.7 Å². The summed E-state index contributed by atoms with van der Waals surface area (Å²) in [5, 5.41) is 2.71. The molecule has 1 N–H and O–H groups in total. The molecule has 0 aromatic rings. The van der Waals surface area contributed by atoms with Crippen LogP contribution in [0.1, 0.15) is 6.92 Å². The van der Waals surface area contributed by atoms with Gasteiger partial charge in [-0.05, 0) is 29.5 Å². The smallest absolute Gasteiger partial charge is 0.408 e. The predicted octanol–water partition coefficient (Wildman–Crippen LogP) is 0.826. The third-order valence-corrected chi connectivity index (χ3v) is 2.32. The summed E-state index contributed by atoms with van der Waals surface area (Å²) in [5.41, 5.74) is 0. The number of carbonyl (C=O) groups is 1. The van der Waals surface area contributed by atoms with Crippen molar-refractivity contribution in [2.24, 2.45) is 0 Å². The molecular formula is C9H17IN2O3. The molecule has 5 nitrogen and oxygen atoms in total. The van der Waals surface area contributed by atoms with Crippen LogP contribution in [-0.4, -0.2) is 54.5 Å². The summed E-state index contributed by atoms with van der Waals surface area (Å²) in [5.74, 6) is 0. The zero-order valence-electron chi connectivity index (χ0n) is 8.87. The van der Waals surface area contributed by atoms with Gasteiger partial charge >= 0.3 is 6.09 Å². The zero-order chi connectivity index (χ0) is 11.1. The summed E-state index contributed by atoms with van der Waals surface area (Å²) < 4.78 is 10.1. The Bertz CT molecular complexity index is 196. The Morgan fingerprint density at radius 2 is 2.27 bits per heavy atom. The van der Waals surface area contributed by atoms with Crippen molar-refractivity contribution in [3.8, 4) is 0 Å². The van der Waals surface area contributed by atoms with Gasteiger partial charge in [-0.2, -0.15) is 0 Å². The Kier molecular flexibility index (Phi) is 6.26. The molecule has 88 valence electrons. The molecule has 6 heteroatoms. The van der Waals surface area contributed by atoms with E-state index >= 15 is 0 Å². The van der Waals surface area contributed by atoms with Crippen molar-refractivity contribution in [3.63, 3.8) is 0 Å². The first-order chi connectivity index (χ1) is 7.18. The van der Waals surface area contributed by atoms with E-state index in [4.69, 9.17) is 9.47 Å². The van der Waals surface area contributed by atoms with Crippen molar-refractivity contribution in [3.05, 3.63) is 0 Å². The van der Waals surface area contributed by atoms with Crippen molar-refractivity contribution in [2.75, 3.05) is 39.4 Å². The number of halogens is 1. The quantitative estimate of drug-likeness (QED) is 0.613. The number of hydrogen-bond donors (Lipinski definition) is 1. The Labute approximate surface area is 104 Å². The summed E-state index contributed by atoms with van der Waals surface area (Å²) in [7, 11) is 0. The van der Waals surface area contributed by atoms with Crippen LogP contribution in [-0.2, 0) is 9.47 Å². The molecule has 1 fully saturated rings. The van der Waals surface area contributed by atoms with Gasteiger partial charge in [0.05, 0.1) is 13.2 Å². The Morgan fingerprint density at radius 1 is 1.60 bits per heavy atom. The van der Waals surface area contributed by atoms with Crippen LogP contribution in [0.25, 0.3) is 0 Å². The van der Waals surface area contributed by atoms with Gasteiger partial charge in [0.1, 0.15) is 0 Å². The average Bonchev–Trinajstić information content (AvgIpc) is 2.18.